The molecule has 0 aliphatic carbocycles. The average Bonchev–Trinajstić information content (AvgIpc) is 2.69. The zero-order valence-corrected chi connectivity index (χ0v) is 10.7. The summed E-state index contributed by atoms with van der Waals surface area (Å²) in [5, 5.41) is 20.9. The van der Waals surface area contributed by atoms with E-state index in [0.717, 1.165) is 6.07 Å². The second-order valence-corrected chi connectivity index (χ2v) is 4.90. The van der Waals surface area contributed by atoms with Crippen molar-refractivity contribution in [2.24, 2.45) is 0 Å². The number of β-amino-alcohol motifs (C(OH)–C–C–N with tert-alkyl or cyclic N) is 1. The average molecular weight is 270 g/mol. The molecule has 1 heterocycles. The summed E-state index contributed by atoms with van der Waals surface area (Å²) in [6.07, 6.45) is 0.504. The molecule has 0 aromatic heterocycles. The van der Waals surface area contributed by atoms with Gasteiger partial charge in [0, 0.05) is 19.2 Å². The molecule has 0 spiro atoms. The van der Waals surface area contributed by atoms with Gasteiger partial charge in [0.05, 0.1) is 23.7 Å². The Balaban J connectivity index is 2.46. The number of anilines is 1. The molecule has 7 heteroatoms. The van der Waals surface area contributed by atoms with E-state index in [1.54, 1.807) is 11.8 Å². The molecule has 2 rings (SSSR count). The number of benzene rings is 1. The van der Waals surface area contributed by atoms with Gasteiger partial charge >= 0.3 is 0 Å². The van der Waals surface area contributed by atoms with E-state index in [2.05, 4.69) is 0 Å². The number of ether oxygens (including phenoxy) is 1. The van der Waals surface area contributed by atoms with Gasteiger partial charge in [0.15, 0.2) is 11.6 Å². The van der Waals surface area contributed by atoms with Crippen molar-refractivity contribution in [3.05, 3.63) is 28.1 Å². The number of methoxy groups -OCH3 is 1. The van der Waals surface area contributed by atoms with Crippen LogP contribution >= 0.6 is 0 Å². The van der Waals surface area contributed by atoms with Gasteiger partial charge < -0.3 is 14.7 Å². The summed E-state index contributed by atoms with van der Waals surface area (Å²) >= 11 is 0. The van der Waals surface area contributed by atoms with Crippen LogP contribution in [-0.2, 0) is 0 Å². The first-order valence-corrected chi connectivity index (χ1v) is 5.83. The second kappa shape index (κ2) is 4.65. The molecule has 1 aliphatic heterocycles. The molecule has 1 unspecified atom stereocenters. The van der Waals surface area contributed by atoms with E-state index < -0.39 is 16.3 Å². The van der Waals surface area contributed by atoms with Crippen LogP contribution in [0.4, 0.5) is 15.8 Å². The van der Waals surface area contributed by atoms with Crippen molar-refractivity contribution in [1.82, 2.24) is 0 Å². The van der Waals surface area contributed by atoms with Crippen LogP contribution in [-0.4, -0.2) is 35.8 Å². The van der Waals surface area contributed by atoms with Gasteiger partial charge in [-0.3, -0.25) is 10.1 Å². The van der Waals surface area contributed by atoms with E-state index in [9.17, 15) is 19.6 Å². The molecule has 1 aromatic rings. The summed E-state index contributed by atoms with van der Waals surface area (Å²) in [6.45, 7) is 2.41. The van der Waals surface area contributed by atoms with E-state index >= 15 is 0 Å². The first-order valence-electron chi connectivity index (χ1n) is 5.83. The van der Waals surface area contributed by atoms with Crippen LogP contribution in [0.3, 0.4) is 0 Å². The predicted octanol–water partition coefficient (Wildman–Crippen LogP) is 1.70. The predicted molar refractivity (Wildman–Crippen MR) is 67.1 cm³/mol. The number of nitro groups is 1. The quantitative estimate of drug-likeness (QED) is 0.668. The van der Waals surface area contributed by atoms with E-state index in [-0.39, 0.29) is 23.7 Å². The maximum Gasteiger partial charge on any atom is 0.295 e. The van der Waals surface area contributed by atoms with Gasteiger partial charge in [-0.05, 0) is 13.3 Å². The van der Waals surface area contributed by atoms with Gasteiger partial charge in [-0.15, -0.1) is 0 Å². The number of rotatable bonds is 3. The van der Waals surface area contributed by atoms with Gasteiger partial charge in [0.2, 0.25) is 0 Å². The maximum absolute atomic E-state index is 13.5. The van der Waals surface area contributed by atoms with E-state index in [4.69, 9.17) is 4.74 Å². The lowest BCUT2D eigenvalue weighted by Gasteiger charge is -2.21. The maximum atomic E-state index is 13.5. The SMILES string of the molecule is COc1cc(N2CCC(C)(O)C2)c([N+](=O)[O-])cc1F. The summed E-state index contributed by atoms with van der Waals surface area (Å²) in [7, 11) is 1.30. The highest BCUT2D eigenvalue weighted by Gasteiger charge is 2.35. The van der Waals surface area contributed by atoms with Crippen LogP contribution in [0.2, 0.25) is 0 Å². The van der Waals surface area contributed by atoms with Gasteiger partial charge in [0.1, 0.15) is 5.69 Å². The molecule has 0 radical (unpaired) electrons. The number of nitro benzene ring substituents is 1. The lowest BCUT2D eigenvalue weighted by Crippen LogP contribution is -2.29. The first-order chi connectivity index (χ1) is 8.84. The monoisotopic (exact) mass is 270 g/mol. The lowest BCUT2D eigenvalue weighted by atomic mass is 10.1. The Morgan fingerprint density at radius 1 is 1.58 bits per heavy atom. The third-order valence-electron chi connectivity index (χ3n) is 3.24. The van der Waals surface area contributed by atoms with Crippen molar-refractivity contribution in [3.8, 4) is 5.75 Å². The lowest BCUT2D eigenvalue weighted by molar-refractivity contribution is -0.384. The Morgan fingerprint density at radius 2 is 2.26 bits per heavy atom. The van der Waals surface area contributed by atoms with Crippen molar-refractivity contribution in [3.63, 3.8) is 0 Å². The van der Waals surface area contributed by atoms with Crippen LogP contribution in [0.5, 0.6) is 5.75 Å². The molecule has 104 valence electrons. The van der Waals surface area contributed by atoms with Crippen molar-refractivity contribution in [1.29, 1.82) is 0 Å². The highest BCUT2D eigenvalue weighted by atomic mass is 19.1. The smallest absolute Gasteiger partial charge is 0.295 e. The minimum atomic E-state index is -0.893. The summed E-state index contributed by atoms with van der Waals surface area (Å²) in [5.74, 6) is -0.823. The second-order valence-electron chi connectivity index (χ2n) is 4.90. The third-order valence-corrected chi connectivity index (χ3v) is 3.24. The van der Waals surface area contributed by atoms with E-state index in [1.807, 2.05) is 0 Å². The number of aliphatic hydroxyl groups is 1. The molecule has 1 aromatic carbocycles. The Kier molecular flexibility index (Phi) is 3.32. The van der Waals surface area contributed by atoms with Crippen LogP contribution in [0.25, 0.3) is 0 Å². The van der Waals surface area contributed by atoms with Gasteiger partial charge in [-0.25, -0.2) is 4.39 Å². The molecule has 0 saturated carbocycles. The number of nitrogens with zero attached hydrogens (tertiary/aromatic N) is 2. The molecule has 1 N–H and O–H groups in total. The Morgan fingerprint density at radius 3 is 2.74 bits per heavy atom. The fraction of sp³-hybridized carbons (Fsp3) is 0.500. The number of hydrogen-bond donors (Lipinski definition) is 1. The van der Waals surface area contributed by atoms with Crippen molar-refractivity contribution in [2.75, 3.05) is 25.1 Å². The molecule has 19 heavy (non-hydrogen) atoms. The number of hydrogen-bond acceptors (Lipinski definition) is 5. The summed E-state index contributed by atoms with van der Waals surface area (Å²) in [6, 6.07) is 2.15. The standard InChI is InChI=1S/C12H15FN2O4/c1-12(16)3-4-14(7-12)9-6-11(19-2)8(13)5-10(9)15(17)18/h5-6,16H,3-4,7H2,1-2H3. The van der Waals surface area contributed by atoms with Crippen molar-refractivity contribution < 1.29 is 19.2 Å². The zero-order chi connectivity index (χ0) is 14.2. The topological polar surface area (TPSA) is 75.8 Å². The Bertz CT molecular complexity index is 519. The molecular formula is C12H15FN2O4. The van der Waals surface area contributed by atoms with E-state index in [0.29, 0.717) is 13.0 Å². The van der Waals surface area contributed by atoms with Crippen molar-refractivity contribution in [2.45, 2.75) is 18.9 Å². The van der Waals surface area contributed by atoms with Gasteiger partial charge in [-0.1, -0.05) is 0 Å². The molecule has 1 fully saturated rings. The number of halogens is 1. The fourth-order valence-corrected chi connectivity index (χ4v) is 2.24. The minimum Gasteiger partial charge on any atom is -0.494 e. The molecule has 1 aliphatic rings. The highest BCUT2D eigenvalue weighted by Crippen LogP contribution is 2.37. The largest absolute Gasteiger partial charge is 0.494 e. The van der Waals surface area contributed by atoms with Crippen LogP contribution in [0, 0.1) is 15.9 Å². The molecule has 1 saturated heterocycles. The molecule has 0 bridgehead atoms. The van der Waals surface area contributed by atoms with Crippen LogP contribution in [0.15, 0.2) is 12.1 Å². The molecule has 6 nitrogen and oxygen atoms in total. The summed E-state index contributed by atoms with van der Waals surface area (Å²) in [4.78, 5) is 12.0. The highest BCUT2D eigenvalue weighted by molar-refractivity contribution is 5.67. The zero-order valence-electron chi connectivity index (χ0n) is 10.7. The van der Waals surface area contributed by atoms with Crippen molar-refractivity contribution >= 4 is 11.4 Å². The molecule has 0 amide bonds. The fourth-order valence-electron chi connectivity index (χ4n) is 2.24. The molecular weight excluding hydrogens is 255 g/mol. The summed E-state index contributed by atoms with van der Waals surface area (Å²) in [5.41, 5.74) is -0.952. The van der Waals surface area contributed by atoms with Gasteiger partial charge in [0.25, 0.3) is 5.69 Å². The van der Waals surface area contributed by atoms with Gasteiger partial charge in [-0.2, -0.15) is 0 Å². The first kappa shape index (κ1) is 13.5. The Hall–Kier alpha value is -1.89. The van der Waals surface area contributed by atoms with E-state index in [1.165, 1.54) is 13.2 Å². The normalized spacial score (nSPS) is 22.6. The molecule has 1 atom stereocenters. The third kappa shape index (κ3) is 2.60. The Labute approximate surface area is 109 Å². The summed E-state index contributed by atoms with van der Waals surface area (Å²) < 4.78 is 18.4. The van der Waals surface area contributed by atoms with Crippen LogP contribution < -0.4 is 9.64 Å². The minimum absolute atomic E-state index is 0.0489. The van der Waals surface area contributed by atoms with Crippen LogP contribution in [0.1, 0.15) is 13.3 Å².